The Morgan fingerprint density at radius 1 is 1.71 bits per heavy atom. The van der Waals surface area contributed by atoms with Crippen LogP contribution in [0.1, 0.15) is 0 Å². The van der Waals surface area contributed by atoms with Crippen molar-refractivity contribution in [2.75, 3.05) is 13.7 Å². The van der Waals surface area contributed by atoms with Gasteiger partial charge in [0.15, 0.2) is 5.03 Å². The van der Waals surface area contributed by atoms with Crippen LogP contribution in [-0.4, -0.2) is 31.9 Å². The topological polar surface area (TPSA) is 61.2 Å². The number of halogens is 2. The molecule has 0 saturated carbocycles. The van der Waals surface area contributed by atoms with Gasteiger partial charge in [0.05, 0.1) is 23.8 Å². The summed E-state index contributed by atoms with van der Waals surface area (Å²) in [5.74, 6) is 0. The first-order valence-electron chi connectivity index (χ1n) is 3.61. The molecule has 0 radical (unpaired) electrons. The van der Waals surface area contributed by atoms with Crippen molar-refractivity contribution in [3.8, 4) is 0 Å². The van der Waals surface area contributed by atoms with Crippen molar-refractivity contribution in [1.82, 2.24) is 9.78 Å². The highest BCUT2D eigenvalue weighted by Gasteiger charge is 2.20. The van der Waals surface area contributed by atoms with Crippen LogP contribution >= 0.6 is 26.6 Å². The van der Waals surface area contributed by atoms with Gasteiger partial charge in [-0.25, -0.2) is 13.1 Å². The van der Waals surface area contributed by atoms with Gasteiger partial charge >= 0.3 is 0 Å². The summed E-state index contributed by atoms with van der Waals surface area (Å²) in [6.45, 7) is 0.705. The zero-order valence-electron chi connectivity index (χ0n) is 7.27. The minimum atomic E-state index is -3.78. The van der Waals surface area contributed by atoms with Gasteiger partial charge in [0.2, 0.25) is 0 Å². The first-order chi connectivity index (χ1) is 6.46. The van der Waals surface area contributed by atoms with E-state index in [-0.39, 0.29) is 5.03 Å². The zero-order valence-corrected chi connectivity index (χ0v) is 10.4. The van der Waals surface area contributed by atoms with Gasteiger partial charge in [0, 0.05) is 17.8 Å². The Labute approximate surface area is 94.5 Å². The molecule has 0 bridgehead atoms. The van der Waals surface area contributed by atoms with Gasteiger partial charge in [-0.2, -0.15) is 5.10 Å². The molecule has 1 aromatic rings. The van der Waals surface area contributed by atoms with E-state index in [2.05, 4.69) is 21.0 Å². The van der Waals surface area contributed by atoms with E-state index >= 15 is 0 Å². The molecule has 0 aliphatic heterocycles. The molecule has 5 nitrogen and oxygen atoms in total. The third kappa shape index (κ3) is 2.69. The van der Waals surface area contributed by atoms with E-state index in [4.69, 9.17) is 15.4 Å². The van der Waals surface area contributed by atoms with E-state index in [9.17, 15) is 8.42 Å². The van der Waals surface area contributed by atoms with Crippen LogP contribution in [0.25, 0.3) is 0 Å². The smallest absolute Gasteiger partial charge is 0.279 e. The molecule has 0 aromatic carbocycles. The van der Waals surface area contributed by atoms with Crippen molar-refractivity contribution < 1.29 is 13.2 Å². The minimum absolute atomic E-state index is 0.0452. The van der Waals surface area contributed by atoms with Gasteiger partial charge in [-0.3, -0.25) is 0 Å². The fourth-order valence-corrected chi connectivity index (χ4v) is 3.31. The van der Waals surface area contributed by atoms with Gasteiger partial charge in [-0.1, -0.05) is 0 Å². The Kier molecular flexibility index (Phi) is 3.94. The van der Waals surface area contributed by atoms with E-state index in [1.54, 1.807) is 0 Å². The second-order valence-electron chi connectivity index (χ2n) is 2.45. The maximum atomic E-state index is 11.1. The number of nitrogens with zero attached hydrogens (tertiary/aromatic N) is 2. The number of hydrogen-bond donors (Lipinski definition) is 0. The summed E-state index contributed by atoms with van der Waals surface area (Å²) in [6, 6.07) is 0. The Balaban J connectivity index is 3.07. The normalized spacial score (nSPS) is 11.9. The highest BCUT2D eigenvalue weighted by molar-refractivity contribution is 9.10. The van der Waals surface area contributed by atoms with Crippen molar-refractivity contribution in [3.63, 3.8) is 0 Å². The van der Waals surface area contributed by atoms with Crippen molar-refractivity contribution in [2.45, 2.75) is 11.6 Å². The first kappa shape index (κ1) is 12.0. The lowest BCUT2D eigenvalue weighted by atomic mass is 10.7. The highest BCUT2D eigenvalue weighted by Crippen LogP contribution is 2.24. The molecule has 0 N–H and O–H groups in total. The Morgan fingerprint density at radius 3 is 2.86 bits per heavy atom. The quantitative estimate of drug-likeness (QED) is 0.785. The van der Waals surface area contributed by atoms with Gasteiger partial charge in [0.1, 0.15) is 0 Å². The van der Waals surface area contributed by atoms with Crippen molar-refractivity contribution in [1.29, 1.82) is 0 Å². The number of rotatable bonds is 4. The summed E-state index contributed by atoms with van der Waals surface area (Å²) < 4.78 is 28.7. The van der Waals surface area contributed by atoms with Crippen LogP contribution in [0, 0.1) is 0 Å². The number of methoxy groups -OCH3 is 1. The predicted octanol–water partition coefficient (Wildman–Crippen LogP) is 1.22. The van der Waals surface area contributed by atoms with E-state index in [0.29, 0.717) is 17.6 Å². The number of hydrogen-bond acceptors (Lipinski definition) is 4. The highest BCUT2D eigenvalue weighted by atomic mass is 79.9. The largest absolute Gasteiger partial charge is 0.383 e. The molecule has 80 valence electrons. The Morgan fingerprint density at radius 2 is 2.36 bits per heavy atom. The predicted molar refractivity (Wildman–Crippen MR) is 54.8 cm³/mol. The van der Waals surface area contributed by atoms with Crippen LogP contribution in [0.3, 0.4) is 0 Å². The molecular weight excluding hydrogens is 296 g/mol. The van der Waals surface area contributed by atoms with Gasteiger partial charge in [-0.15, -0.1) is 0 Å². The molecule has 0 unspecified atom stereocenters. The monoisotopic (exact) mass is 302 g/mol. The van der Waals surface area contributed by atoms with Gasteiger partial charge in [0.25, 0.3) is 9.05 Å². The average molecular weight is 304 g/mol. The summed E-state index contributed by atoms with van der Waals surface area (Å²) in [5.41, 5.74) is 0. The molecular formula is C6H8BrClN2O3S. The summed E-state index contributed by atoms with van der Waals surface area (Å²) in [4.78, 5) is 0. The summed E-state index contributed by atoms with van der Waals surface area (Å²) in [7, 11) is 2.97. The van der Waals surface area contributed by atoms with E-state index < -0.39 is 9.05 Å². The van der Waals surface area contributed by atoms with Crippen molar-refractivity contribution in [3.05, 3.63) is 10.7 Å². The van der Waals surface area contributed by atoms with Crippen molar-refractivity contribution >= 4 is 35.7 Å². The maximum absolute atomic E-state index is 11.1. The molecule has 0 atom stereocenters. The molecule has 0 saturated heterocycles. The maximum Gasteiger partial charge on any atom is 0.279 e. The van der Waals surface area contributed by atoms with Crippen LogP contribution < -0.4 is 0 Å². The fourth-order valence-electron chi connectivity index (χ4n) is 0.931. The summed E-state index contributed by atoms with van der Waals surface area (Å²) in [6.07, 6.45) is 1.38. The van der Waals surface area contributed by atoms with Crippen molar-refractivity contribution in [2.24, 2.45) is 0 Å². The lowest BCUT2D eigenvalue weighted by Gasteiger charge is -2.03. The summed E-state index contributed by atoms with van der Waals surface area (Å²) in [5, 5.41) is 3.80. The Bertz CT molecular complexity index is 417. The van der Waals surface area contributed by atoms with Crippen LogP contribution in [0.2, 0.25) is 0 Å². The van der Waals surface area contributed by atoms with E-state index in [1.807, 2.05) is 0 Å². The van der Waals surface area contributed by atoms with E-state index in [1.165, 1.54) is 18.0 Å². The molecule has 0 aliphatic rings. The van der Waals surface area contributed by atoms with Crippen LogP contribution in [-0.2, 0) is 20.3 Å². The van der Waals surface area contributed by atoms with Gasteiger partial charge in [-0.05, 0) is 15.9 Å². The second-order valence-corrected chi connectivity index (χ2v) is 5.79. The van der Waals surface area contributed by atoms with Crippen LogP contribution in [0.4, 0.5) is 0 Å². The molecule has 1 rings (SSSR count). The third-order valence-corrected chi connectivity index (χ3v) is 3.66. The SMILES string of the molecule is COCCn1ncc(Br)c1S(=O)(=O)Cl. The zero-order chi connectivity index (χ0) is 10.8. The molecule has 14 heavy (non-hydrogen) atoms. The Hall–Kier alpha value is -0.110. The second kappa shape index (κ2) is 4.61. The van der Waals surface area contributed by atoms with Crippen LogP contribution in [0.15, 0.2) is 15.7 Å². The van der Waals surface area contributed by atoms with Crippen LogP contribution in [0.5, 0.6) is 0 Å². The standard InChI is InChI=1S/C6H8BrClN2O3S/c1-13-3-2-10-6(14(8,11)12)5(7)4-9-10/h4H,2-3H2,1H3. The molecule has 0 aliphatic carbocycles. The third-order valence-electron chi connectivity index (χ3n) is 1.49. The first-order valence-corrected chi connectivity index (χ1v) is 6.72. The fraction of sp³-hybridized carbons (Fsp3) is 0.500. The van der Waals surface area contributed by atoms with Gasteiger partial charge < -0.3 is 4.74 Å². The lowest BCUT2D eigenvalue weighted by molar-refractivity contribution is 0.180. The molecule has 1 heterocycles. The lowest BCUT2D eigenvalue weighted by Crippen LogP contribution is -2.11. The summed E-state index contributed by atoms with van der Waals surface area (Å²) >= 11 is 3.06. The average Bonchev–Trinajstić information content (AvgIpc) is 2.42. The van der Waals surface area contributed by atoms with E-state index in [0.717, 1.165) is 0 Å². The molecule has 1 aromatic heterocycles. The number of aromatic nitrogens is 2. The number of ether oxygens (including phenoxy) is 1. The molecule has 0 amide bonds. The molecule has 0 fully saturated rings. The molecule has 0 spiro atoms. The molecule has 8 heteroatoms. The minimum Gasteiger partial charge on any atom is -0.383 e.